The van der Waals surface area contributed by atoms with E-state index in [4.69, 9.17) is 0 Å². The first kappa shape index (κ1) is 16.5. The normalized spacial score (nSPS) is 1.75. The van der Waals surface area contributed by atoms with Crippen molar-refractivity contribution in [3.05, 3.63) is 0 Å². The van der Waals surface area contributed by atoms with Crippen molar-refractivity contribution in [3.63, 3.8) is 0 Å². The van der Waals surface area contributed by atoms with Crippen LogP contribution in [0.1, 0.15) is 0 Å². The van der Waals surface area contributed by atoms with Gasteiger partial charge in [0.1, 0.15) is 0 Å². The molecule has 0 aliphatic carbocycles. The zero-order valence-corrected chi connectivity index (χ0v) is 8.05. The molecule has 0 bridgehead atoms. The summed E-state index contributed by atoms with van der Waals surface area (Å²) in [5.74, 6) is 0. The van der Waals surface area contributed by atoms with Crippen LogP contribution < -0.4 is 29.6 Å². The Bertz CT molecular complexity index is 8.00. The minimum atomic E-state index is 0. The van der Waals surface area contributed by atoms with Gasteiger partial charge in [-0.2, -0.15) is 0 Å². The maximum absolute atomic E-state index is 2.91. The molecule has 0 aromatic rings. The molecule has 0 atom stereocenters. The molecular weight excluding hydrogens is 314 g/mol. The van der Waals surface area contributed by atoms with Gasteiger partial charge in [-0.3, -0.25) is 0 Å². The molecule has 0 saturated carbocycles. The van der Waals surface area contributed by atoms with E-state index in [-0.39, 0.29) is 35.0 Å². The van der Waals surface area contributed by atoms with E-state index in [1.54, 1.807) is 0 Å². The molecule has 0 spiro atoms. The fourth-order valence-electron chi connectivity index (χ4n) is 0. The number of rotatable bonds is 0. The van der Waals surface area contributed by atoms with E-state index < -0.39 is 0 Å². The summed E-state index contributed by atoms with van der Waals surface area (Å²) in [7, 11) is 0. The van der Waals surface area contributed by atoms with Crippen molar-refractivity contribution in [2.24, 2.45) is 0 Å². The van der Waals surface area contributed by atoms with E-state index in [9.17, 15) is 0 Å². The second-order valence-electron chi connectivity index (χ2n) is 0. The third-order valence-electron chi connectivity index (χ3n) is 0. The van der Waals surface area contributed by atoms with Gasteiger partial charge in [-0.1, -0.05) is 0 Å². The first-order valence-electron chi connectivity index (χ1n) is 0.120. The maximum Gasteiger partial charge on any atom is 1.00 e. The number of hydrogen-bond donors (Lipinski definition) is 0. The van der Waals surface area contributed by atoms with E-state index in [2.05, 4.69) is 13.3 Å². The Hall–Kier alpha value is 2.13. The molecule has 0 amide bonds. The minimum absolute atomic E-state index is 0. The van der Waals surface area contributed by atoms with Gasteiger partial charge >= 0.3 is 60.6 Å². The van der Waals surface area contributed by atoms with Crippen molar-refractivity contribution in [1.29, 1.82) is 0 Å². The molecule has 0 rings (SSSR count). The molecule has 0 aromatic heterocycles. The van der Waals surface area contributed by atoms with Gasteiger partial charge in [0.2, 0.25) is 0 Å². The van der Waals surface area contributed by atoms with Crippen LogP contribution in [0, 0.1) is 0 Å². The second-order valence-corrected chi connectivity index (χ2v) is 0. The van der Waals surface area contributed by atoms with Gasteiger partial charge in [0.05, 0.1) is 0 Å². The molecule has 0 radical (unpaired) electrons. The summed E-state index contributed by atoms with van der Waals surface area (Å²) in [5.41, 5.74) is 0. The van der Waals surface area contributed by atoms with Crippen LogP contribution in [0.5, 0.6) is 0 Å². The van der Waals surface area contributed by atoms with Gasteiger partial charge in [-0.05, 0) is 0 Å². The zero-order chi connectivity index (χ0) is 2.00. The molecule has 2 N–H and O–H groups in total. The SMILES string of the molecule is O.[Br][Pt-].[Na+]. The van der Waals surface area contributed by atoms with Gasteiger partial charge < -0.3 is 5.48 Å². The van der Waals surface area contributed by atoms with Gasteiger partial charge in [0.15, 0.2) is 0 Å². The monoisotopic (exact) mass is 315 g/mol. The molecule has 0 aromatic carbocycles. The van der Waals surface area contributed by atoms with Crippen molar-refractivity contribution in [1.82, 2.24) is 0 Å². The molecule has 0 fully saturated rings. The zero-order valence-electron chi connectivity index (χ0n) is 2.19. The largest absolute Gasteiger partial charge is 1.00 e. The average molecular weight is 316 g/mol. The third-order valence-corrected chi connectivity index (χ3v) is 0. The minimum Gasteiger partial charge on any atom is 1.00 e. The first-order chi connectivity index (χ1) is 1.00. The Kier molecular flexibility index (Phi) is 79.4. The van der Waals surface area contributed by atoms with Crippen LogP contribution in [0.4, 0.5) is 0 Å². The van der Waals surface area contributed by atoms with Gasteiger partial charge in [-0.15, -0.1) is 0 Å². The van der Waals surface area contributed by atoms with Gasteiger partial charge in [-0.25, -0.2) is 0 Å². The van der Waals surface area contributed by atoms with Gasteiger partial charge in [0.25, 0.3) is 0 Å². The Balaban J connectivity index is -0.00000000500. The molecule has 0 heterocycles. The summed E-state index contributed by atoms with van der Waals surface area (Å²) in [6, 6.07) is 0. The van der Waals surface area contributed by atoms with Crippen LogP contribution in [0.3, 0.4) is 0 Å². The third kappa shape index (κ3) is 8.92. The molecule has 0 aliphatic heterocycles. The van der Waals surface area contributed by atoms with Crippen molar-refractivity contribution < 1.29 is 52.8 Å². The predicted molar refractivity (Wildman–Crippen MR) is 12.5 cm³/mol. The van der Waals surface area contributed by atoms with Crippen molar-refractivity contribution >= 4 is 13.3 Å². The van der Waals surface area contributed by atoms with E-state index in [0.29, 0.717) is 0 Å². The fraction of sp³-hybridized carbons (Fsp3) is 0. The summed E-state index contributed by atoms with van der Waals surface area (Å²) < 4.78 is 0. The standard InChI is InChI=1S/BrH.Na.H2O.Pt/h1H;;1H2;/q;+1;;/p-1. The van der Waals surface area contributed by atoms with Crippen LogP contribution in [0.15, 0.2) is 0 Å². The second kappa shape index (κ2) is 19.3. The fourth-order valence-corrected chi connectivity index (χ4v) is 0. The number of halogens is 1. The summed E-state index contributed by atoms with van der Waals surface area (Å²) in [6.07, 6.45) is 0. The van der Waals surface area contributed by atoms with E-state index in [1.807, 2.05) is 17.8 Å². The van der Waals surface area contributed by atoms with Crippen molar-refractivity contribution in [3.8, 4) is 0 Å². The molecule has 26 valence electrons. The van der Waals surface area contributed by atoms with E-state index >= 15 is 0 Å². The average Bonchev–Trinajstić information content (AvgIpc) is 1.00. The summed E-state index contributed by atoms with van der Waals surface area (Å²) in [4.78, 5) is 0. The Morgan fingerprint density at radius 2 is 1.25 bits per heavy atom. The molecule has 4 heteroatoms. The quantitative estimate of drug-likeness (QED) is 0.428. The molecule has 4 heavy (non-hydrogen) atoms. The maximum atomic E-state index is 2.91. The Morgan fingerprint density at radius 3 is 1.25 bits per heavy atom. The van der Waals surface area contributed by atoms with E-state index in [0.717, 1.165) is 0 Å². The summed E-state index contributed by atoms with van der Waals surface area (Å²) >= 11 is 4.86. The Morgan fingerprint density at radius 1 is 1.25 bits per heavy atom. The van der Waals surface area contributed by atoms with Crippen LogP contribution in [0.25, 0.3) is 0 Å². The Labute approximate surface area is 65.2 Å². The van der Waals surface area contributed by atoms with Crippen LogP contribution in [-0.4, -0.2) is 5.48 Å². The molecule has 0 unspecified atom stereocenters. The molecule has 0 aliphatic rings. The van der Waals surface area contributed by atoms with E-state index in [1.165, 1.54) is 0 Å². The smallest absolute Gasteiger partial charge is 1.00 e. The van der Waals surface area contributed by atoms with Crippen molar-refractivity contribution in [2.75, 3.05) is 0 Å². The van der Waals surface area contributed by atoms with Crippen LogP contribution in [0.2, 0.25) is 0 Å². The van der Waals surface area contributed by atoms with Crippen molar-refractivity contribution in [2.45, 2.75) is 0 Å². The molecular formula is H2BrNaOPt. The van der Waals surface area contributed by atoms with Crippen LogP contribution >= 0.6 is 13.3 Å². The van der Waals surface area contributed by atoms with Crippen LogP contribution in [-0.2, 0) is 17.8 Å². The van der Waals surface area contributed by atoms with Gasteiger partial charge in [0, 0.05) is 0 Å². The first-order valence-corrected chi connectivity index (χ1v) is 5.08. The molecule has 1 nitrogen and oxygen atoms in total. The number of hydrogen-bond acceptors (Lipinski definition) is 0. The predicted octanol–water partition coefficient (Wildman–Crippen LogP) is -2.98. The summed E-state index contributed by atoms with van der Waals surface area (Å²) in [5, 5.41) is 0. The topological polar surface area (TPSA) is 31.5 Å². The molecule has 0 saturated heterocycles. The summed E-state index contributed by atoms with van der Waals surface area (Å²) in [6.45, 7) is 0.